The van der Waals surface area contributed by atoms with Crippen LogP contribution in [0.3, 0.4) is 0 Å². The normalized spacial score (nSPS) is 13.2. The molecule has 0 unspecified atom stereocenters. The summed E-state index contributed by atoms with van der Waals surface area (Å²) in [6, 6.07) is 7.30. The van der Waals surface area contributed by atoms with Gasteiger partial charge < -0.3 is 15.2 Å². The average Bonchev–Trinajstić information content (AvgIpc) is 3.29. The number of benzene rings is 1. The lowest BCUT2D eigenvalue weighted by Gasteiger charge is -2.08. The van der Waals surface area contributed by atoms with Gasteiger partial charge in [0.1, 0.15) is 0 Å². The summed E-state index contributed by atoms with van der Waals surface area (Å²) in [6.07, 6.45) is 9.37. The highest BCUT2D eigenvalue weighted by molar-refractivity contribution is 5.90. The molecule has 4 rings (SSSR count). The van der Waals surface area contributed by atoms with Crippen LogP contribution in [-0.4, -0.2) is 39.3 Å². The maximum Gasteiger partial charge on any atom is 0.272 e. The van der Waals surface area contributed by atoms with Gasteiger partial charge >= 0.3 is 0 Å². The topological polar surface area (TPSA) is 126 Å². The first-order valence-electron chi connectivity index (χ1n) is 10.4. The Hall–Kier alpha value is -3.75. The Kier molecular flexibility index (Phi) is 6.51. The van der Waals surface area contributed by atoms with Gasteiger partial charge in [0.15, 0.2) is 11.6 Å². The molecule has 1 amide bonds. The average molecular weight is 420 g/mol. The number of anilines is 1. The predicted molar refractivity (Wildman–Crippen MR) is 117 cm³/mol. The van der Waals surface area contributed by atoms with Gasteiger partial charge in [0.25, 0.3) is 5.56 Å². The Morgan fingerprint density at radius 1 is 1.16 bits per heavy atom. The van der Waals surface area contributed by atoms with Gasteiger partial charge in [-0.3, -0.25) is 9.59 Å². The molecule has 31 heavy (non-hydrogen) atoms. The molecule has 9 heteroatoms. The third kappa shape index (κ3) is 5.25. The lowest BCUT2D eigenvalue weighted by Crippen LogP contribution is -2.26. The zero-order chi connectivity index (χ0) is 21.5. The van der Waals surface area contributed by atoms with Gasteiger partial charge in [-0.25, -0.2) is 5.10 Å². The number of H-pyrrole nitrogens is 1. The summed E-state index contributed by atoms with van der Waals surface area (Å²) in [4.78, 5) is 28.3. The van der Waals surface area contributed by atoms with E-state index in [1.54, 1.807) is 6.07 Å². The molecule has 0 fully saturated rings. The smallest absolute Gasteiger partial charge is 0.272 e. The van der Waals surface area contributed by atoms with Crippen LogP contribution in [0, 0.1) is 0 Å². The first-order chi connectivity index (χ1) is 15.2. The number of nitrogens with zero attached hydrogens (tertiary/aromatic N) is 3. The summed E-state index contributed by atoms with van der Waals surface area (Å²) in [5.74, 6) is 1.64. The number of carbonyl (C=O) groups excluding carboxylic acids is 1. The molecule has 1 aliphatic rings. The summed E-state index contributed by atoms with van der Waals surface area (Å²) in [5, 5.41) is 18.0. The summed E-state index contributed by atoms with van der Waals surface area (Å²) >= 11 is 0. The number of amides is 1. The van der Waals surface area contributed by atoms with Crippen LogP contribution in [-0.2, 0) is 11.2 Å². The SMILES string of the molecule is O=C(CCc1nc(C2=CCC=CC2)no1)NCCCNc1n[nH]c(=O)c2ccccc12. The molecular weight excluding hydrogens is 396 g/mol. The maximum absolute atomic E-state index is 12.1. The molecule has 160 valence electrons. The zero-order valence-corrected chi connectivity index (χ0v) is 17.1. The van der Waals surface area contributed by atoms with Gasteiger partial charge in [0.05, 0.1) is 5.39 Å². The third-order valence-electron chi connectivity index (χ3n) is 4.99. The van der Waals surface area contributed by atoms with E-state index in [9.17, 15) is 9.59 Å². The molecule has 0 aliphatic heterocycles. The summed E-state index contributed by atoms with van der Waals surface area (Å²) in [7, 11) is 0. The van der Waals surface area contributed by atoms with Gasteiger partial charge in [-0.05, 0) is 25.3 Å². The Labute approximate surface area is 178 Å². The second-order valence-electron chi connectivity index (χ2n) is 7.23. The lowest BCUT2D eigenvalue weighted by atomic mass is 10.1. The van der Waals surface area contributed by atoms with Crippen molar-refractivity contribution in [2.24, 2.45) is 0 Å². The van der Waals surface area contributed by atoms with E-state index in [0.717, 1.165) is 23.8 Å². The first kappa shape index (κ1) is 20.5. The van der Waals surface area contributed by atoms with Gasteiger partial charge in [-0.1, -0.05) is 41.6 Å². The molecule has 1 aliphatic carbocycles. The fourth-order valence-electron chi connectivity index (χ4n) is 3.35. The number of aromatic nitrogens is 4. The summed E-state index contributed by atoms with van der Waals surface area (Å²) in [6.45, 7) is 1.14. The lowest BCUT2D eigenvalue weighted by molar-refractivity contribution is -0.121. The molecule has 2 aromatic heterocycles. The largest absolute Gasteiger partial charge is 0.368 e. The molecular formula is C22H24N6O3. The molecule has 0 saturated carbocycles. The van der Waals surface area contributed by atoms with Crippen molar-refractivity contribution in [3.63, 3.8) is 0 Å². The Balaban J connectivity index is 1.17. The summed E-state index contributed by atoms with van der Waals surface area (Å²) < 4.78 is 5.26. The highest BCUT2D eigenvalue weighted by Gasteiger charge is 2.12. The molecule has 3 N–H and O–H groups in total. The van der Waals surface area contributed by atoms with E-state index in [0.29, 0.717) is 55.3 Å². The van der Waals surface area contributed by atoms with Crippen LogP contribution in [0.25, 0.3) is 16.3 Å². The molecule has 0 radical (unpaired) electrons. The molecule has 0 atom stereocenters. The van der Waals surface area contributed by atoms with E-state index in [4.69, 9.17) is 4.52 Å². The number of nitrogens with one attached hydrogen (secondary N) is 3. The monoisotopic (exact) mass is 420 g/mol. The minimum absolute atomic E-state index is 0.0628. The van der Waals surface area contributed by atoms with E-state index in [1.807, 2.05) is 18.2 Å². The number of fused-ring (bicyclic) bond motifs is 1. The Bertz CT molecular complexity index is 1180. The van der Waals surface area contributed by atoms with Gasteiger partial charge in [-0.15, -0.1) is 0 Å². The van der Waals surface area contributed by atoms with Crippen molar-refractivity contribution in [3.05, 3.63) is 64.6 Å². The van der Waals surface area contributed by atoms with Crippen molar-refractivity contribution in [2.45, 2.75) is 32.1 Å². The van der Waals surface area contributed by atoms with Crippen molar-refractivity contribution in [1.29, 1.82) is 0 Å². The minimum atomic E-state index is -0.214. The standard InChI is InChI=1S/C22H24N6O3/c29-18(11-12-19-25-20(28-31-19)15-7-2-1-3-8-15)23-13-6-14-24-21-16-9-4-5-10-17(16)22(30)27-26-21/h1-2,4-5,8-10H,3,6-7,11-14H2,(H,23,29)(H,24,26)(H,27,30). The van der Waals surface area contributed by atoms with Crippen LogP contribution < -0.4 is 16.2 Å². The van der Waals surface area contributed by atoms with E-state index in [-0.39, 0.29) is 11.5 Å². The maximum atomic E-state index is 12.1. The van der Waals surface area contributed by atoms with Crippen molar-refractivity contribution in [3.8, 4) is 0 Å². The molecule has 2 heterocycles. The molecule has 9 nitrogen and oxygen atoms in total. The van der Waals surface area contributed by atoms with E-state index >= 15 is 0 Å². The Morgan fingerprint density at radius 2 is 2.03 bits per heavy atom. The summed E-state index contributed by atoms with van der Waals surface area (Å²) in [5.41, 5.74) is 0.841. The second-order valence-corrected chi connectivity index (χ2v) is 7.23. The van der Waals surface area contributed by atoms with E-state index in [2.05, 4.69) is 49.2 Å². The van der Waals surface area contributed by atoms with Crippen molar-refractivity contribution in [2.75, 3.05) is 18.4 Å². The van der Waals surface area contributed by atoms with E-state index < -0.39 is 0 Å². The number of aryl methyl sites for hydroxylation is 1. The highest BCUT2D eigenvalue weighted by Crippen LogP contribution is 2.20. The Morgan fingerprint density at radius 3 is 2.87 bits per heavy atom. The quantitative estimate of drug-likeness (QED) is 0.359. The number of hydrogen-bond acceptors (Lipinski definition) is 7. The number of rotatable bonds is 9. The van der Waals surface area contributed by atoms with Gasteiger partial charge in [0, 0.05) is 36.9 Å². The zero-order valence-electron chi connectivity index (χ0n) is 17.1. The third-order valence-corrected chi connectivity index (χ3v) is 4.99. The van der Waals surface area contributed by atoms with Crippen molar-refractivity contribution in [1.82, 2.24) is 25.7 Å². The van der Waals surface area contributed by atoms with Crippen LogP contribution in [0.2, 0.25) is 0 Å². The molecule has 0 bridgehead atoms. The highest BCUT2D eigenvalue weighted by atomic mass is 16.5. The fourth-order valence-corrected chi connectivity index (χ4v) is 3.35. The molecule has 1 aromatic carbocycles. The number of aromatic amines is 1. The second kappa shape index (κ2) is 9.84. The van der Waals surface area contributed by atoms with Gasteiger partial charge in [-0.2, -0.15) is 10.1 Å². The minimum Gasteiger partial charge on any atom is -0.368 e. The molecule has 3 aromatic rings. The predicted octanol–water partition coefficient (Wildman–Crippen LogP) is 2.59. The van der Waals surface area contributed by atoms with Crippen LogP contribution in [0.1, 0.15) is 37.4 Å². The number of carbonyl (C=O) groups is 1. The van der Waals surface area contributed by atoms with Crippen LogP contribution >= 0.6 is 0 Å². The fraction of sp³-hybridized carbons (Fsp3) is 0.318. The van der Waals surface area contributed by atoms with Crippen molar-refractivity contribution < 1.29 is 9.32 Å². The molecule has 0 saturated heterocycles. The van der Waals surface area contributed by atoms with Crippen LogP contribution in [0.5, 0.6) is 0 Å². The number of allylic oxidation sites excluding steroid dienone is 4. The van der Waals surface area contributed by atoms with E-state index in [1.165, 1.54) is 0 Å². The van der Waals surface area contributed by atoms with Crippen LogP contribution in [0.4, 0.5) is 5.82 Å². The van der Waals surface area contributed by atoms with Gasteiger partial charge in [0.2, 0.25) is 11.8 Å². The number of hydrogen-bond donors (Lipinski definition) is 3. The first-order valence-corrected chi connectivity index (χ1v) is 10.4. The molecule has 0 spiro atoms. The van der Waals surface area contributed by atoms with Crippen molar-refractivity contribution >= 4 is 28.1 Å². The van der Waals surface area contributed by atoms with Crippen LogP contribution in [0.15, 0.2) is 51.8 Å².